The van der Waals surface area contributed by atoms with Crippen LogP contribution in [-0.2, 0) is 9.53 Å². The van der Waals surface area contributed by atoms with Gasteiger partial charge < -0.3 is 4.74 Å². The van der Waals surface area contributed by atoms with E-state index in [2.05, 4.69) is 6.58 Å². The van der Waals surface area contributed by atoms with Crippen LogP contribution in [0.25, 0.3) is 0 Å². The van der Waals surface area contributed by atoms with E-state index in [0.717, 1.165) is 6.42 Å². The summed E-state index contributed by atoms with van der Waals surface area (Å²) in [5.74, 6) is -0.261. The molecule has 76 valence electrons. The van der Waals surface area contributed by atoms with E-state index in [1.54, 1.807) is 6.92 Å². The van der Waals surface area contributed by atoms with Gasteiger partial charge in [0.25, 0.3) is 0 Å². The smallest absolute Gasteiger partial charge is 0.333 e. The normalized spacial score (nSPS) is 9.92. The molecule has 0 fully saturated rings. The fourth-order valence-corrected chi connectivity index (χ4v) is 1.49. The summed E-state index contributed by atoms with van der Waals surface area (Å²) >= 11 is 0. The van der Waals surface area contributed by atoms with Gasteiger partial charge in [-0.25, -0.2) is 4.79 Å². The van der Waals surface area contributed by atoms with Crippen LogP contribution in [-0.4, -0.2) is 22.8 Å². The molecule has 0 aromatic heterocycles. The third-order valence-electron chi connectivity index (χ3n) is 1.83. The van der Waals surface area contributed by atoms with Gasteiger partial charge in [-0.1, -0.05) is 31.9 Å². The van der Waals surface area contributed by atoms with Crippen molar-refractivity contribution < 1.29 is 9.53 Å². The summed E-state index contributed by atoms with van der Waals surface area (Å²) in [6.45, 7) is 5.73. The Morgan fingerprint density at radius 1 is 1.31 bits per heavy atom. The van der Waals surface area contributed by atoms with Gasteiger partial charge in [-0.05, 0) is 13.3 Å². The zero-order chi connectivity index (χ0) is 10.1. The molecule has 0 heterocycles. The molecule has 0 N–H and O–H groups in total. The number of hydrogen-bond acceptors (Lipinski definition) is 2. The number of unbranched alkanes of at least 4 members (excludes halogenated alkanes) is 3. The summed E-state index contributed by atoms with van der Waals surface area (Å²) in [4.78, 5) is 10.9. The molecule has 0 aliphatic heterocycles. The summed E-state index contributed by atoms with van der Waals surface area (Å²) in [6.07, 6.45) is 4.76. The van der Waals surface area contributed by atoms with Gasteiger partial charge in [-0.15, -0.1) is 0 Å². The maximum absolute atomic E-state index is 10.9. The Bertz CT molecular complexity index is 166. The first kappa shape index (κ1) is 12.4. The van der Waals surface area contributed by atoms with Crippen LogP contribution in [0.2, 0.25) is 6.04 Å². The van der Waals surface area contributed by atoms with Gasteiger partial charge in [0, 0.05) is 15.8 Å². The minimum Gasteiger partial charge on any atom is -0.462 e. The third kappa shape index (κ3) is 7.78. The molecule has 3 heteroatoms. The third-order valence-corrected chi connectivity index (χ3v) is 2.54. The predicted octanol–water partition coefficient (Wildman–Crippen LogP) is 1.45. The molecule has 0 unspecified atom stereocenters. The summed E-state index contributed by atoms with van der Waals surface area (Å²) in [6, 6.07) is 1.38. The van der Waals surface area contributed by atoms with Gasteiger partial charge in [0.05, 0.1) is 6.61 Å². The highest BCUT2D eigenvalue weighted by molar-refractivity contribution is 6.08. The van der Waals surface area contributed by atoms with Crippen molar-refractivity contribution in [2.45, 2.75) is 38.7 Å². The summed E-state index contributed by atoms with van der Waals surface area (Å²) in [5.41, 5.74) is 0.486. The molecule has 0 bridgehead atoms. The molecule has 0 rings (SSSR count). The van der Waals surface area contributed by atoms with Crippen LogP contribution in [0.5, 0.6) is 0 Å². The van der Waals surface area contributed by atoms with Gasteiger partial charge in [0.15, 0.2) is 0 Å². The fourth-order valence-electron chi connectivity index (χ4n) is 0.994. The molecular weight excluding hydrogens is 180 g/mol. The maximum atomic E-state index is 10.9. The number of carbonyl (C=O) groups excluding carboxylic acids is 1. The monoisotopic (exact) mass is 200 g/mol. The lowest BCUT2D eigenvalue weighted by Gasteiger charge is -2.03. The molecule has 0 radical (unpaired) electrons. The van der Waals surface area contributed by atoms with E-state index >= 15 is 0 Å². The quantitative estimate of drug-likeness (QED) is 0.269. The topological polar surface area (TPSA) is 26.3 Å². The Balaban J connectivity index is 3.16. The lowest BCUT2D eigenvalue weighted by atomic mass is 10.2. The van der Waals surface area contributed by atoms with Crippen molar-refractivity contribution in [1.29, 1.82) is 0 Å². The van der Waals surface area contributed by atoms with Crippen LogP contribution < -0.4 is 0 Å². The summed E-state index contributed by atoms with van der Waals surface area (Å²) < 4.78 is 4.95. The Kier molecular flexibility index (Phi) is 7.69. The second kappa shape index (κ2) is 8.04. The number of hydrogen-bond donors (Lipinski definition) is 0. The molecule has 2 nitrogen and oxygen atoms in total. The van der Waals surface area contributed by atoms with Gasteiger partial charge >= 0.3 is 5.97 Å². The molecule has 0 saturated heterocycles. The van der Waals surface area contributed by atoms with E-state index in [0.29, 0.717) is 12.2 Å². The zero-order valence-electron chi connectivity index (χ0n) is 8.77. The molecule has 0 aliphatic carbocycles. The SMILES string of the molecule is C=C(C)C(=O)OCCCCCC[SiH3]. The maximum Gasteiger partial charge on any atom is 0.333 e. The standard InChI is InChI=1S/C10H20O2Si/c1-9(2)10(11)12-7-5-3-4-6-8-13/h1,3-8H2,2,13H3. The largest absolute Gasteiger partial charge is 0.462 e. The average Bonchev–Trinajstić information content (AvgIpc) is 2.10. The Morgan fingerprint density at radius 3 is 2.46 bits per heavy atom. The Morgan fingerprint density at radius 2 is 1.92 bits per heavy atom. The van der Waals surface area contributed by atoms with Crippen LogP contribution in [0.3, 0.4) is 0 Å². The average molecular weight is 200 g/mol. The predicted molar refractivity (Wildman–Crippen MR) is 59.0 cm³/mol. The van der Waals surface area contributed by atoms with Crippen LogP contribution in [0.1, 0.15) is 32.6 Å². The first-order valence-corrected chi connectivity index (χ1v) is 6.42. The lowest BCUT2D eigenvalue weighted by molar-refractivity contribution is -0.139. The van der Waals surface area contributed by atoms with Gasteiger partial charge in [-0.3, -0.25) is 0 Å². The molecular formula is C10H20O2Si. The summed E-state index contributed by atoms with van der Waals surface area (Å²) in [5, 5.41) is 0. The van der Waals surface area contributed by atoms with E-state index in [4.69, 9.17) is 4.74 Å². The van der Waals surface area contributed by atoms with Crippen molar-refractivity contribution in [1.82, 2.24) is 0 Å². The van der Waals surface area contributed by atoms with Crippen molar-refractivity contribution in [2.75, 3.05) is 6.61 Å². The molecule has 0 amide bonds. The minimum absolute atomic E-state index is 0.261. The van der Waals surface area contributed by atoms with Gasteiger partial charge in [0.1, 0.15) is 0 Å². The number of rotatable bonds is 7. The lowest BCUT2D eigenvalue weighted by Crippen LogP contribution is -2.05. The number of ether oxygens (including phenoxy) is 1. The van der Waals surface area contributed by atoms with Crippen molar-refractivity contribution >= 4 is 16.2 Å². The molecule has 0 aromatic carbocycles. The van der Waals surface area contributed by atoms with Crippen LogP contribution in [0, 0.1) is 0 Å². The van der Waals surface area contributed by atoms with E-state index in [-0.39, 0.29) is 5.97 Å². The van der Waals surface area contributed by atoms with Crippen molar-refractivity contribution in [3.63, 3.8) is 0 Å². The first-order chi connectivity index (χ1) is 6.18. The number of esters is 1. The highest BCUT2D eigenvalue weighted by atomic mass is 28.1. The van der Waals surface area contributed by atoms with Gasteiger partial charge in [0.2, 0.25) is 0 Å². The van der Waals surface area contributed by atoms with E-state index in [9.17, 15) is 4.79 Å². The highest BCUT2D eigenvalue weighted by Crippen LogP contribution is 2.02. The first-order valence-electron chi connectivity index (χ1n) is 5.01. The fraction of sp³-hybridized carbons (Fsp3) is 0.700. The molecule has 0 spiro atoms. The van der Waals surface area contributed by atoms with E-state index in [1.807, 2.05) is 0 Å². The Labute approximate surface area is 83.8 Å². The second-order valence-electron chi connectivity index (χ2n) is 3.33. The molecule has 0 atom stereocenters. The highest BCUT2D eigenvalue weighted by Gasteiger charge is 2.01. The van der Waals surface area contributed by atoms with Crippen molar-refractivity contribution in [3.8, 4) is 0 Å². The molecule has 0 aliphatic rings. The van der Waals surface area contributed by atoms with Gasteiger partial charge in [-0.2, -0.15) is 0 Å². The molecule has 0 aromatic rings. The summed E-state index contributed by atoms with van der Waals surface area (Å²) in [7, 11) is 1.31. The van der Waals surface area contributed by atoms with Crippen LogP contribution in [0.15, 0.2) is 12.2 Å². The minimum atomic E-state index is -0.261. The van der Waals surface area contributed by atoms with Crippen LogP contribution in [0.4, 0.5) is 0 Å². The van der Waals surface area contributed by atoms with E-state index < -0.39 is 0 Å². The van der Waals surface area contributed by atoms with Crippen molar-refractivity contribution in [2.24, 2.45) is 0 Å². The zero-order valence-corrected chi connectivity index (χ0v) is 10.8. The van der Waals surface area contributed by atoms with Crippen molar-refractivity contribution in [3.05, 3.63) is 12.2 Å². The van der Waals surface area contributed by atoms with E-state index in [1.165, 1.54) is 35.5 Å². The number of carbonyl (C=O) groups is 1. The van der Waals surface area contributed by atoms with Crippen LogP contribution >= 0.6 is 0 Å². The second-order valence-corrected chi connectivity index (χ2v) is 4.33. The molecule has 13 heavy (non-hydrogen) atoms. The molecule has 0 saturated carbocycles. The Hall–Kier alpha value is -0.573.